The van der Waals surface area contributed by atoms with E-state index >= 15 is 0 Å². The summed E-state index contributed by atoms with van der Waals surface area (Å²) in [7, 11) is 0. The number of aromatic nitrogens is 2. The number of hydrogen-bond donors (Lipinski definition) is 1. The van der Waals surface area contributed by atoms with E-state index < -0.39 is 0 Å². The minimum Gasteiger partial charge on any atom is -0.306 e. The van der Waals surface area contributed by atoms with Crippen molar-refractivity contribution in [2.45, 2.75) is 59.2 Å². The zero-order chi connectivity index (χ0) is 15.5. The quantitative estimate of drug-likeness (QED) is 0.893. The van der Waals surface area contributed by atoms with Crippen molar-refractivity contribution in [1.82, 2.24) is 15.1 Å². The lowest BCUT2D eigenvalue weighted by molar-refractivity contribution is 0.355. The predicted molar refractivity (Wildman–Crippen MR) is 88.3 cm³/mol. The summed E-state index contributed by atoms with van der Waals surface area (Å²) >= 11 is 0. The fraction of sp³-hybridized carbons (Fsp3) is 0.500. The van der Waals surface area contributed by atoms with Gasteiger partial charge in [-0.1, -0.05) is 36.8 Å². The molecule has 3 nitrogen and oxygen atoms in total. The highest BCUT2D eigenvalue weighted by atomic mass is 15.3. The Morgan fingerprint density at radius 3 is 2.38 bits per heavy atom. The van der Waals surface area contributed by atoms with Crippen LogP contribution in [0.1, 0.15) is 56.8 Å². The van der Waals surface area contributed by atoms with Crippen LogP contribution in [0.2, 0.25) is 0 Å². The van der Waals surface area contributed by atoms with Crippen molar-refractivity contribution in [2.75, 3.05) is 0 Å². The minimum absolute atomic E-state index is 0.0410. The highest BCUT2D eigenvalue weighted by Crippen LogP contribution is 2.18. The van der Waals surface area contributed by atoms with Crippen LogP contribution in [0.3, 0.4) is 0 Å². The summed E-state index contributed by atoms with van der Waals surface area (Å²) in [4.78, 5) is 0. The van der Waals surface area contributed by atoms with Crippen LogP contribution in [-0.4, -0.2) is 9.78 Å². The first kappa shape index (κ1) is 15.8. The van der Waals surface area contributed by atoms with Gasteiger partial charge in [-0.25, -0.2) is 0 Å². The van der Waals surface area contributed by atoms with Crippen LogP contribution in [-0.2, 0) is 12.1 Å². The number of hydrogen-bond acceptors (Lipinski definition) is 2. The Kier molecular flexibility index (Phi) is 4.84. The molecule has 0 amide bonds. The maximum atomic E-state index is 4.45. The van der Waals surface area contributed by atoms with Gasteiger partial charge in [0.05, 0.1) is 11.7 Å². The molecule has 3 heteroatoms. The van der Waals surface area contributed by atoms with Gasteiger partial charge in [0.1, 0.15) is 0 Å². The largest absolute Gasteiger partial charge is 0.306 e. The molecule has 21 heavy (non-hydrogen) atoms. The van der Waals surface area contributed by atoms with Crippen LogP contribution in [0.25, 0.3) is 0 Å². The third-order valence-electron chi connectivity index (χ3n) is 3.76. The van der Waals surface area contributed by atoms with Gasteiger partial charge < -0.3 is 5.32 Å². The standard InChI is InChI=1S/C18H27N3/c1-6-17(16-9-7-14(2)8-10-16)19-11-15-12-20-21(13-15)18(3,4)5/h7-10,12-13,17,19H,6,11H2,1-5H3. The van der Waals surface area contributed by atoms with Crippen LogP contribution < -0.4 is 5.32 Å². The molecule has 1 atom stereocenters. The summed E-state index contributed by atoms with van der Waals surface area (Å²) in [5.74, 6) is 0. The van der Waals surface area contributed by atoms with Gasteiger partial charge >= 0.3 is 0 Å². The van der Waals surface area contributed by atoms with Crippen LogP contribution in [0.4, 0.5) is 0 Å². The van der Waals surface area contributed by atoms with E-state index in [0.717, 1.165) is 13.0 Å². The van der Waals surface area contributed by atoms with Crippen molar-refractivity contribution in [3.63, 3.8) is 0 Å². The molecule has 1 aromatic carbocycles. The van der Waals surface area contributed by atoms with E-state index in [4.69, 9.17) is 0 Å². The molecule has 0 radical (unpaired) electrons. The van der Waals surface area contributed by atoms with Gasteiger partial charge in [-0.05, 0) is 39.7 Å². The highest BCUT2D eigenvalue weighted by molar-refractivity contribution is 5.24. The summed E-state index contributed by atoms with van der Waals surface area (Å²) < 4.78 is 2.02. The number of benzene rings is 1. The maximum absolute atomic E-state index is 4.45. The lowest BCUT2D eigenvalue weighted by Crippen LogP contribution is -2.22. The van der Waals surface area contributed by atoms with Crippen LogP contribution >= 0.6 is 0 Å². The normalized spacial score (nSPS) is 13.4. The van der Waals surface area contributed by atoms with E-state index in [2.05, 4.69) is 75.5 Å². The lowest BCUT2D eigenvalue weighted by atomic mass is 10.0. The molecule has 2 rings (SSSR count). The van der Waals surface area contributed by atoms with Gasteiger partial charge in [0, 0.05) is 24.3 Å². The van der Waals surface area contributed by atoms with Gasteiger partial charge in [-0.15, -0.1) is 0 Å². The molecule has 0 spiro atoms. The zero-order valence-electron chi connectivity index (χ0n) is 13.9. The molecule has 0 fully saturated rings. The molecule has 1 aromatic heterocycles. The number of nitrogens with zero attached hydrogens (tertiary/aromatic N) is 2. The SMILES string of the molecule is CCC(NCc1cnn(C(C)(C)C)c1)c1ccc(C)cc1. The van der Waals surface area contributed by atoms with E-state index in [-0.39, 0.29) is 5.54 Å². The first-order valence-corrected chi connectivity index (χ1v) is 7.74. The molecular formula is C18H27N3. The van der Waals surface area contributed by atoms with Crippen molar-refractivity contribution in [3.8, 4) is 0 Å². The Hall–Kier alpha value is -1.61. The molecule has 0 aliphatic rings. The van der Waals surface area contributed by atoms with Crippen LogP contribution in [0.5, 0.6) is 0 Å². The Morgan fingerprint density at radius 2 is 1.86 bits per heavy atom. The van der Waals surface area contributed by atoms with Crippen LogP contribution in [0, 0.1) is 6.92 Å². The molecular weight excluding hydrogens is 258 g/mol. The Labute approximate surface area is 128 Å². The van der Waals surface area contributed by atoms with Crippen molar-refractivity contribution < 1.29 is 0 Å². The number of rotatable bonds is 5. The second-order valence-corrected chi connectivity index (χ2v) is 6.72. The third-order valence-corrected chi connectivity index (χ3v) is 3.76. The van der Waals surface area contributed by atoms with E-state index in [0.29, 0.717) is 6.04 Å². The molecule has 1 unspecified atom stereocenters. The first-order chi connectivity index (χ1) is 9.90. The highest BCUT2D eigenvalue weighted by Gasteiger charge is 2.14. The average Bonchev–Trinajstić information content (AvgIpc) is 2.90. The summed E-state index contributed by atoms with van der Waals surface area (Å²) in [5, 5.41) is 8.09. The zero-order valence-corrected chi connectivity index (χ0v) is 13.9. The Bertz CT molecular complexity index is 561. The summed E-state index contributed by atoms with van der Waals surface area (Å²) in [6.45, 7) is 11.7. The summed E-state index contributed by atoms with van der Waals surface area (Å²) in [6, 6.07) is 9.18. The van der Waals surface area contributed by atoms with Crippen LogP contribution in [0.15, 0.2) is 36.7 Å². The molecule has 0 aliphatic heterocycles. The molecule has 0 saturated carbocycles. The Morgan fingerprint density at radius 1 is 1.19 bits per heavy atom. The van der Waals surface area contributed by atoms with E-state index in [9.17, 15) is 0 Å². The summed E-state index contributed by atoms with van der Waals surface area (Å²) in [6.07, 6.45) is 5.17. The average molecular weight is 285 g/mol. The molecule has 114 valence electrons. The molecule has 2 aromatic rings. The van der Waals surface area contributed by atoms with E-state index in [1.165, 1.54) is 16.7 Å². The topological polar surface area (TPSA) is 29.9 Å². The maximum Gasteiger partial charge on any atom is 0.0543 e. The van der Waals surface area contributed by atoms with E-state index in [1.54, 1.807) is 0 Å². The van der Waals surface area contributed by atoms with Gasteiger partial charge in [0.2, 0.25) is 0 Å². The molecule has 0 bridgehead atoms. The molecule has 1 heterocycles. The second-order valence-electron chi connectivity index (χ2n) is 6.72. The van der Waals surface area contributed by atoms with Gasteiger partial charge in [0.15, 0.2) is 0 Å². The van der Waals surface area contributed by atoms with Crippen molar-refractivity contribution in [1.29, 1.82) is 0 Å². The smallest absolute Gasteiger partial charge is 0.0543 e. The fourth-order valence-electron chi connectivity index (χ4n) is 2.36. The number of nitrogens with one attached hydrogen (secondary N) is 1. The summed E-state index contributed by atoms with van der Waals surface area (Å²) in [5.41, 5.74) is 3.93. The van der Waals surface area contributed by atoms with Crippen molar-refractivity contribution >= 4 is 0 Å². The second kappa shape index (κ2) is 6.44. The first-order valence-electron chi connectivity index (χ1n) is 7.74. The van der Waals surface area contributed by atoms with Crippen molar-refractivity contribution in [2.24, 2.45) is 0 Å². The molecule has 0 saturated heterocycles. The van der Waals surface area contributed by atoms with E-state index in [1.807, 2.05) is 10.9 Å². The minimum atomic E-state index is 0.0410. The molecule has 1 N–H and O–H groups in total. The number of aryl methyl sites for hydroxylation is 1. The Balaban J connectivity index is 2.00. The monoisotopic (exact) mass is 285 g/mol. The predicted octanol–water partition coefficient (Wildman–Crippen LogP) is 4.19. The van der Waals surface area contributed by atoms with Gasteiger partial charge in [-0.3, -0.25) is 4.68 Å². The fourth-order valence-corrected chi connectivity index (χ4v) is 2.36. The van der Waals surface area contributed by atoms with Gasteiger partial charge in [-0.2, -0.15) is 5.10 Å². The molecule has 0 aliphatic carbocycles. The third kappa shape index (κ3) is 4.18. The van der Waals surface area contributed by atoms with Gasteiger partial charge in [0.25, 0.3) is 0 Å². The van der Waals surface area contributed by atoms with Crippen molar-refractivity contribution in [3.05, 3.63) is 53.3 Å². The lowest BCUT2D eigenvalue weighted by Gasteiger charge is -2.19.